The Hall–Kier alpha value is -2.04. The molecule has 0 saturated heterocycles. The van der Waals surface area contributed by atoms with Crippen LogP contribution in [0.3, 0.4) is 0 Å². The van der Waals surface area contributed by atoms with E-state index in [0.29, 0.717) is 11.9 Å². The molecular formula is C15H21N3O2. The number of carbonyl (C=O) groups is 1. The first-order chi connectivity index (χ1) is 9.40. The molecule has 0 amide bonds. The van der Waals surface area contributed by atoms with Gasteiger partial charge in [-0.1, -0.05) is 5.16 Å². The summed E-state index contributed by atoms with van der Waals surface area (Å²) in [6, 6.07) is 4.07. The Kier molecular flexibility index (Phi) is 3.97. The zero-order valence-corrected chi connectivity index (χ0v) is 12.7. The highest BCUT2D eigenvalue weighted by Crippen LogP contribution is 2.20. The fourth-order valence-electron chi connectivity index (χ4n) is 2.57. The predicted molar refractivity (Wildman–Crippen MR) is 78.4 cm³/mol. The van der Waals surface area contributed by atoms with Crippen LogP contribution in [0.1, 0.15) is 47.4 Å². The van der Waals surface area contributed by atoms with Crippen LogP contribution in [0.15, 0.2) is 16.7 Å². The lowest BCUT2D eigenvalue weighted by Crippen LogP contribution is -2.15. The van der Waals surface area contributed by atoms with Crippen LogP contribution >= 0.6 is 0 Å². The number of carbonyl (C=O) groups excluding carboxylic acids is 1. The Morgan fingerprint density at radius 2 is 2.05 bits per heavy atom. The van der Waals surface area contributed by atoms with Gasteiger partial charge in [-0.25, -0.2) is 0 Å². The highest BCUT2D eigenvalue weighted by Gasteiger charge is 2.17. The number of ketones is 1. The number of nitrogens with one attached hydrogen (secondary N) is 1. The number of Topliss-reactive ketones (excluding diaryl/α,β-unsaturated/α-hetero) is 1. The molecule has 0 fully saturated rings. The summed E-state index contributed by atoms with van der Waals surface area (Å²) in [4.78, 5) is 12.3. The molecule has 108 valence electrons. The van der Waals surface area contributed by atoms with Crippen molar-refractivity contribution in [1.82, 2.24) is 9.72 Å². The van der Waals surface area contributed by atoms with Gasteiger partial charge in [0.1, 0.15) is 5.76 Å². The number of hydrogen-bond acceptors (Lipinski definition) is 4. The molecule has 2 rings (SSSR count). The molecule has 2 aromatic rings. The Morgan fingerprint density at radius 1 is 1.35 bits per heavy atom. The first-order valence-corrected chi connectivity index (χ1v) is 6.79. The summed E-state index contributed by atoms with van der Waals surface area (Å²) >= 11 is 0. The van der Waals surface area contributed by atoms with Crippen molar-refractivity contribution in [2.24, 2.45) is 0 Å². The van der Waals surface area contributed by atoms with Crippen LogP contribution in [-0.4, -0.2) is 22.1 Å². The number of nitrogens with zero attached hydrogens (tertiary/aromatic N) is 2. The molecule has 0 radical (unpaired) electrons. The maximum Gasteiger partial charge on any atom is 0.183 e. The van der Waals surface area contributed by atoms with Gasteiger partial charge in [0.25, 0.3) is 0 Å². The molecule has 0 saturated carbocycles. The van der Waals surface area contributed by atoms with Crippen LogP contribution in [0.2, 0.25) is 0 Å². The van der Waals surface area contributed by atoms with Crippen LogP contribution in [-0.2, 0) is 0 Å². The molecule has 0 aliphatic heterocycles. The third-order valence-electron chi connectivity index (χ3n) is 3.36. The minimum absolute atomic E-state index is 0.0608. The summed E-state index contributed by atoms with van der Waals surface area (Å²) in [6.45, 7) is 10.3. The molecular weight excluding hydrogens is 254 g/mol. The maximum absolute atomic E-state index is 12.3. The summed E-state index contributed by atoms with van der Waals surface area (Å²) in [5, 5.41) is 6.80. The van der Waals surface area contributed by atoms with Gasteiger partial charge >= 0.3 is 0 Å². The average molecular weight is 275 g/mol. The summed E-state index contributed by atoms with van der Waals surface area (Å²) < 4.78 is 7.13. The van der Waals surface area contributed by atoms with E-state index in [0.717, 1.165) is 22.7 Å². The van der Waals surface area contributed by atoms with Crippen LogP contribution in [0.4, 0.5) is 5.82 Å². The summed E-state index contributed by atoms with van der Waals surface area (Å²) in [5.74, 6) is 1.37. The maximum atomic E-state index is 12.3. The summed E-state index contributed by atoms with van der Waals surface area (Å²) in [5.41, 5.74) is 2.89. The molecule has 2 heterocycles. The summed E-state index contributed by atoms with van der Waals surface area (Å²) in [7, 11) is 0. The monoisotopic (exact) mass is 275 g/mol. The standard InChI is InChI=1S/C15H21N3O2/c1-9(2)18-10(3)6-13(12(18)5)14(19)8-16-15-7-11(4)20-17-15/h6-7,9H,8H2,1-5H3,(H,16,17). The number of anilines is 1. The lowest BCUT2D eigenvalue weighted by Gasteiger charge is -2.13. The van der Waals surface area contributed by atoms with E-state index in [2.05, 4.69) is 28.9 Å². The molecule has 0 unspecified atom stereocenters. The lowest BCUT2D eigenvalue weighted by atomic mass is 10.1. The normalized spacial score (nSPS) is 11.1. The number of aromatic nitrogens is 2. The topological polar surface area (TPSA) is 60.1 Å². The second-order valence-corrected chi connectivity index (χ2v) is 5.35. The van der Waals surface area contributed by atoms with Gasteiger partial charge in [0.05, 0.1) is 6.54 Å². The Labute approximate surface area is 119 Å². The number of hydrogen-bond donors (Lipinski definition) is 1. The molecule has 1 N–H and O–H groups in total. The van der Waals surface area contributed by atoms with E-state index in [1.807, 2.05) is 26.8 Å². The van der Waals surface area contributed by atoms with E-state index in [1.54, 1.807) is 6.07 Å². The van der Waals surface area contributed by atoms with Gasteiger partial charge in [-0.3, -0.25) is 4.79 Å². The Morgan fingerprint density at radius 3 is 2.55 bits per heavy atom. The van der Waals surface area contributed by atoms with Crippen molar-refractivity contribution >= 4 is 11.6 Å². The van der Waals surface area contributed by atoms with Gasteiger partial charge in [0, 0.05) is 29.1 Å². The fourth-order valence-corrected chi connectivity index (χ4v) is 2.57. The predicted octanol–water partition coefficient (Wildman–Crippen LogP) is 3.28. The Bertz CT molecular complexity index is 623. The minimum atomic E-state index is 0.0608. The second kappa shape index (κ2) is 5.53. The van der Waals surface area contributed by atoms with Gasteiger partial charge in [-0.2, -0.15) is 0 Å². The van der Waals surface area contributed by atoms with Crippen molar-refractivity contribution in [2.45, 2.75) is 40.7 Å². The van der Waals surface area contributed by atoms with E-state index in [-0.39, 0.29) is 12.3 Å². The first-order valence-electron chi connectivity index (χ1n) is 6.79. The SMILES string of the molecule is Cc1cc(NCC(=O)c2cc(C)n(C(C)C)c2C)no1. The third-order valence-corrected chi connectivity index (χ3v) is 3.36. The van der Waals surface area contributed by atoms with Gasteiger partial charge in [0.2, 0.25) is 0 Å². The highest BCUT2D eigenvalue weighted by atomic mass is 16.5. The molecule has 0 atom stereocenters. The molecule has 0 aliphatic carbocycles. The summed E-state index contributed by atoms with van der Waals surface area (Å²) in [6.07, 6.45) is 0. The second-order valence-electron chi connectivity index (χ2n) is 5.35. The number of rotatable bonds is 5. The van der Waals surface area contributed by atoms with Crippen molar-refractivity contribution in [2.75, 3.05) is 11.9 Å². The van der Waals surface area contributed by atoms with Crippen molar-refractivity contribution in [3.8, 4) is 0 Å². The van der Waals surface area contributed by atoms with E-state index >= 15 is 0 Å². The average Bonchev–Trinajstić information content (AvgIpc) is 2.90. The van der Waals surface area contributed by atoms with Gasteiger partial charge in [0.15, 0.2) is 11.6 Å². The quantitative estimate of drug-likeness (QED) is 0.851. The molecule has 0 spiro atoms. The van der Waals surface area contributed by atoms with E-state index in [9.17, 15) is 4.79 Å². The zero-order valence-electron chi connectivity index (χ0n) is 12.7. The first kappa shape index (κ1) is 14.4. The van der Waals surface area contributed by atoms with Crippen LogP contribution in [0.5, 0.6) is 0 Å². The molecule has 2 aromatic heterocycles. The van der Waals surface area contributed by atoms with Gasteiger partial charge in [-0.15, -0.1) is 0 Å². The van der Waals surface area contributed by atoms with Crippen molar-refractivity contribution < 1.29 is 9.32 Å². The minimum Gasteiger partial charge on any atom is -0.360 e. The highest BCUT2D eigenvalue weighted by molar-refractivity contribution is 6.00. The van der Waals surface area contributed by atoms with Crippen molar-refractivity contribution in [3.63, 3.8) is 0 Å². The largest absolute Gasteiger partial charge is 0.360 e. The third kappa shape index (κ3) is 2.76. The van der Waals surface area contributed by atoms with Crippen molar-refractivity contribution in [1.29, 1.82) is 0 Å². The molecule has 5 heteroatoms. The van der Waals surface area contributed by atoms with Crippen LogP contribution < -0.4 is 5.32 Å². The molecule has 20 heavy (non-hydrogen) atoms. The van der Waals surface area contributed by atoms with E-state index < -0.39 is 0 Å². The van der Waals surface area contributed by atoms with E-state index in [4.69, 9.17) is 4.52 Å². The van der Waals surface area contributed by atoms with Crippen LogP contribution in [0.25, 0.3) is 0 Å². The van der Waals surface area contributed by atoms with Gasteiger partial charge in [-0.05, 0) is 40.7 Å². The van der Waals surface area contributed by atoms with Crippen molar-refractivity contribution in [3.05, 3.63) is 34.8 Å². The molecule has 0 bridgehead atoms. The Balaban J connectivity index is 2.12. The van der Waals surface area contributed by atoms with E-state index in [1.165, 1.54) is 0 Å². The smallest absolute Gasteiger partial charge is 0.183 e. The lowest BCUT2D eigenvalue weighted by molar-refractivity contribution is 0.100. The number of aryl methyl sites for hydroxylation is 2. The van der Waals surface area contributed by atoms with Gasteiger partial charge < -0.3 is 14.4 Å². The molecule has 0 aliphatic rings. The zero-order chi connectivity index (χ0) is 14.9. The fraction of sp³-hybridized carbons (Fsp3) is 0.467. The van der Waals surface area contributed by atoms with Crippen LogP contribution in [0, 0.1) is 20.8 Å². The molecule has 5 nitrogen and oxygen atoms in total. The molecule has 0 aromatic carbocycles.